The fourth-order valence-corrected chi connectivity index (χ4v) is 1.36. The van der Waals surface area contributed by atoms with Crippen LogP contribution in [0.5, 0.6) is 0 Å². The topological polar surface area (TPSA) is 68.0 Å². The molecule has 0 fully saturated rings. The number of hydrogen-bond donors (Lipinski definition) is 1. The first-order valence-corrected chi connectivity index (χ1v) is 4.64. The Kier molecular flexibility index (Phi) is 3.02. The van der Waals surface area contributed by atoms with E-state index in [1.807, 2.05) is 13.8 Å². The highest BCUT2D eigenvalue weighted by Crippen LogP contribution is 2.14. The van der Waals surface area contributed by atoms with Crippen LogP contribution in [0, 0.1) is 5.92 Å². The van der Waals surface area contributed by atoms with Crippen LogP contribution >= 0.6 is 15.9 Å². The summed E-state index contributed by atoms with van der Waals surface area (Å²) in [5, 5.41) is 15.9. The molecule has 0 aliphatic carbocycles. The predicted molar refractivity (Wildman–Crippen MR) is 49.5 cm³/mol. The summed E-state index contributed by atoms with van der Waals surface area (Å²) in [7, 11) is 0. The van der Waals surface area contributed by atoms with E-state index in [9.17, 15) is 4.79 Å². The number of aromatic nitrogens is 3. The number of rotatable bonds is 3. The fraction of sp³-hybridized carbons (Fsp3) is 0.571. The van der Waals surface area contributed by atoms with Gasteiger partial charge in [-0.05, 0) is 21.8 Å². The molecule has 0 aliphatic rings. The van der Waals surface area contributed by atoms with Crippen molar-refractivity contribution in [3.63, 3.8) is 0 Å². The third-order valence-electron chi connectivity index (χ3n) is 1.42. The molecule has 0 aromatic carbocycles. The van der Waals surface area contributed by atoms with Crippen molar-refractivity contribution in [2.75, 3.05) is 0 Å². The molecule has 1 aromatic heterocycles. The molecule has 0 atom stereocenters. The lowest BCUT2D eigenvalue weighted by Gasteiger charge is -2.04. The van der Waals surface area contributed by atoms with Crippen molar-refractivity contribution in [1.82, 2.24) is 15.0 Å². The van der Waals surface area contributed by atoms with Gasteiger partial charge in [0.1, 0.15) is 4.60 Å². The maximum absolute atomic E-state index is 10.6. The van der Waals surface area contributed by atoms with Crippen LogP contribution in [0.3, 0.4) is 0 Å². The summed E-state index contributed by atoms with van der Waals surface area (Å²) >= 11 is 3.14. The van der Waals surface area contributed by atoms with Crippen molar-refractivity contribution in [2.45, 2.75) is 20.4 Å². The maximum atomic E-state index is 10.6. The number of aromatic carboxylic acids is 1. The van der Waals surface area contributed by atoms with Crippen LogP contribution < -0.4 is 0 Å². The lowest BCUT2D eigenvalue weighted by Crippen LogP contribution is -2.07. The van der Waals surface area contributed by atoms with Gasteiger partial charge in [0.25, 0.3) is 0 Å². The Labute approximate surface area is 83.9 Å². The van der Waals surface area contributed by atoms with Crippen molar-refractivity contribution < 1.29 is 9.90 Å². The molecule has 6 heteroatoms. The molecule has 1 heterocycles. The smallest absolute Gasteiger partial charge is 0.359 e. The van der Waals surface area contributed by atoms with E-state index in [1.165, 1.54) is 4.68 Å². The molecule has 1 N–H and O–H groups in total. The third kappa shape index (κ3) is 2.27. The molecule has 0 amide bonds. The average molecular weight is 248 g/mol. The van der Waals surface area contributed by atoms with Gasteiger partial charge in [0.15, 0.2) is 0 Å². The largest absolute Gasteiger partial charge is 0.476 e. The lowest BCUT2D eigenvalue weighted by molar-refractivity contribution is 0.0689. The minimum atomic E-state index is -1.07. The summed E-state index contributed by atoms with van der Waals surface area (Å²) < 4.78 is 1.96. The number of halogens is 1. The van der Waals surface area contributed by atoms with Gasteiger partial charge in [0.05, 0.1) is 0 Å². The zero-order chi connectivity index (χ0) is 10.0. The predicted octanol–water partition coefficient (Wildman–Crippen LogP) is 1.39. The maximum Gasteiger partial charge on any atom is 0.359 e. The summed E-state index contributed by atoms with van der Waals surface area (Å²) in [5.74, 6) is -0.665. The first kappa shape index (κ1) is 10.2. The summed E-state index contributed by atoms with van der Waals surface area (Å²) in [6, 6.07) is 0. The zero-order valence-electron chi connectivity index (χ0n) is 7.36. The second-order valence-electron chi connectivity index (χ2n) is 3.11. The number of hydrogen-bond acceptors (Lipinski definition) is 3. The van der Waals surface area contributed by atoms with Crippen LogP contribution in [0.25, 0.3) is 0 Å². The number of carboxylic acids is 1. The van der Waals surface area contributed by atoms with Crippen molar-refractivity contribution in [1.29, 1.82) is 0 Å². The molecular formula is C7H10BrN3O2. The third-order valence-corrected chi connectivity index (χ3v) is 2.20. The Morgan fingerprint density at radius 2 is 2.31 bits per heavy atom. The summed E-state index contributed by atoms with van der Waals surface area (Å²) in [5.41, 5.74) is -0.0411. The minimum absolute atomic E-state index is 0.0411. The van der Waals surface area contributed by atoms with Crippen LogP contribution in [-0.2, 0) is 6.54 Å². The summed E-state index contributed by atoms with van der Waals surface area (Å²) in [6.07, 6.45) is 0. The van der Waals surface area contributed by atoms with Gasteiger partial charge in [-0.3, -0.25) is 0 Å². The van der Waals surface area contributed by atoms with Crippen LogP contribution in [-0.4, -0.2) is 26.1 Å². The Morgan fingerprint density at radius 3 is 2.69 bits per heavy atom. The van der Waals surface area contributed by atoms with Gasteiger partial charge in [0.2, 0.25) is 5.69 Å². The van der Waals surface area contributed by atoms with E-state index >= 15 is 0 Å². The SMILES string of the molecule is CC(C)Cn1nnc(C(=O)O)c1Br. The minimum Gasteiger partial charge on any atom is -0.476 e. The van der Waals surface area contributed by atoms with Crippen molar-refractivity contribution in [3.05, 3.63) is 10.3 Å². The van der Waals surface area contributed by atoms with Crippen LogP contribution in [0.2, 0.25) is 0 Å². The molecule has 1 aromatic rings. The van der Waals surface area contributed by atoms with Crippen LogP contribution in [0.15, 0.2) is 4.60 Å². The van der Waals surface area contributed by atoms with E-state index in [2.05, 4.69) is 26.2 Å². The molecule has 0 spiro atoms. The van der Waals surface area contributed by atoms with Gasteiger partial charge in [-0.25, -0.2) is 9.48 Å². The monoisotopic (exact) mass is 247 g/mol. The van der Waals surface area contributed by atoms with Gasteiger partial charge in [0, 0.05) is 6.54 Å². The molecule has 0 unspecified atom stereocenters. The Bertz CT molecular complexity index is 322. The molecule has 0 radical (unpaired) electrons. The van der Waals surface area contributed by atoms with E-state index in [0.29, 0.717) is 17.1 Å². The number of carboxylic acid groups (broad SMARTS) is 1. The van der Waals surface area contributed by atoms with Gasteiger partial charge in [-0.15, -0.1) is 5.10 Å². The summed E-state index contributed by atoms with van der Waals surface area (Å²) in [4.78, 5) is 10.6. The van der Waals surface area contributed by atoms with Crippen molar-refractivity contribution in [2.24, 2.45) is 5.92 Å². The average Bonchev–Trinajstić information content (AvgIpc) is 2.32. The van der Waals surface area contributed by atoms with E-state index < -0.39 is 5.97 Å². The lowest BCUT2D eigenvalue weighted by atomic mass is 10.2. The Morgan fingerprint density at radius 1 is 1.69 bits per heavy atom. The highest BCUT2D eigenvalue weighted by Gasteiger charge is 2.16. The first-order valence-electron chi connectivity index (χ1n) is 3.84. The molecular weight excluding hydrogens is 238 g/mol. The van der Waals surface area contributed by atoms with E-state index in [4.69, 9.17) is 5.11 Å². The highest BCUT2D eigenvalue weighted by molar-refractivity contribution is 9.10. The van der Waals surface area contributed by atoms with Crippen molar-refractivity contribution in [3.8, 4) is 0 Å². The molecule has 72 valence electrons. The number of nitrogens with zero attached hydrogens (tertiary/aromatic N) is 3. The van der Waals surface area contributed by atoms with Crippen molar-refractivity contribution >= 4 is 21.9 Å². The number of carbonyl (C=O) groups is 1. The normalized spacial score (nSPS) is 10.8. The molecule has 0 saturated heterocycles. The quantitative estimate of drug-likeness (QED) is 0.877. The Hall–Kier alpha value is -0.910. The van der Waals surface area contributed by atoms with E-state index in [-0.39, 0.29) is 5.69 Å². The first-order chi connectivity index (χ1) is 6.02. The van der Waals surface area contributed by atoms with E-state index in [1.54, 1.807) is 0 Å². The van der Waals surface area contributed by atoms with Gasteiger partial charge in [-0.2, -0.15) is 0 Å². The highest BCUT2D eigenvalue weighted by atomic mass is 79.9. The molecule has 0 aliphatic heterocycles. The second kappa shape index (κ2) is 3.87. The second-order valence-corrected chi connectivity index (χ2v) is 3.86. The fourth-order valence-electron chi connectivity index (χ4n) is 0.895. The molecule has 0 bridgehead atoms. The molecule has 5 nitrogen and oxygen atoms in total. The van der Waals surface area contributed by atoms with Gasteiger partial charge < -0.3 is 5.11 Å². The molecule has 1 rings (SSSR count). The zero-order valence-corrected chi connectivity index (χ0v) is 8.95. The molecule has 0 saturated carbocycles. The van der Waals surface area contributed by atoms with Crippen LogP contribution in [0.4, 0.5) is 0 Å². The standard InChI is InChI=1S/C7H10BrN3O2/c1-4(2)3-11-6(8)5(7(12)13)9-10-11/h4H,3H2,1-2H3,(H,12,13). The molecule has 13 heavy (non-hydrogen) atoms. The summed E-state index contributed by atoms with van der Waals surface area (Å²) in [6.45, 7) is 4.70. The Balaban J connectivity index is 2.93. The van der Waals surface area contributed by atoms with E-state index in [0.717, 1.165) is 0 Å². The van der Waals surface area contributed by atoms with Crippen LogP contribution in [0.1, 0.15) is 24.3 Å². The van der Waals surface area contributed by atoms with Gasteiger partial charge >= 0.3 is 5.97 Å². The van der Waals surface area contributed by atoms with Gasteiger partial charge in [-0.1, -0.05) is 19.1 Å².